The molecule has 0 fully saturated rings. The summed E-state index contributed by atoms with van der Waals surface area (Å²) in [4.78, 5) is 13.9. The zero-order valence-electron chi connectivity index (χ0n) is 12.3. The third-order valence-electron chi connectivity index (χ3n) is 3.42. The summed E-state index contributed by atoms with van der Waals surface area (Å²) in [6, 6.07) is 12.8. The molecule has 0 unspecified atom stereocenters. The van der Waals surface area contributed by atoms with Crippen LogP contribution < -0.4 is 0 Å². The number of unbranched alkanes of at least 4 members (excludes halogenated alkanes) is 1. The fourth-order valence-corrected chi connectivity index (χ4v) is 3.19. The van der Waals surface area contributed by atoms with Gasteiger partial charge in [-0.05, 0) is 42.5 Å². The van der Waals surface area contributed by atoms with Gasteiger partial charge >= 0.3 is 0 Å². The number of hydrogen-bond acceptors (Lipinski definition) is 2. The molecule has 1 aromatic heterocycles. The third-order valence-corrected chi connectivity index (χ3v) is 4.59. The molecule has 0 aliphatic rings. The van der Waals surface area contributed by atoms with Gasteiger partial charge in [-0.3, -0.25) is 4.79 Å². The van der Waals surface area contributed by atoms with Crippen molar-refractivity contribution in [2.24, 2.45) is 0 Å². The van der Waals surface area contributed by atoms with E-state index in [1.165, 1.54) is 28.8 Å². The lowest BCUT2D eigenvalue weighted by molar-refractivity contribution is 0.0985. The second kappa shape index (κ2) is 7.39. The SMILES string of the molecule is CCCCc1ccc(-c2ccc(C(=O)CCC)s2)cc1. The molecule has 0 saturated heterocycles. The lowest BCUT2D eigenvalue weighted by Gasteiger charge is -2.02. The van der Waals surface area contributed by atoms with E-state index >= 15 is 0 Å². The van der Waals surface area contributed by atoms with E-state index < -0.39 is 0 Å². The van der Waals surface area contributed by atoms with Gasteiger partial charge in [-0.1, -0.05) is 44.5 Å². The topological polar surface area (TPSA) is 17.1 Å². The minimum absolute atomic E-state index is 0.267. The molecular formula is C18H22OS. The van der Waals surface area contributed by atoms with Crippen LogP contribution in [0.3, 0.4) is 0 Å². The molecule has 0 aliphatic heterocycles. The fraction of sp³-hybridized carbons (Fsp3) is 0.389. The zero-order chi connectivity index (χ0) is 14.4. The highest BCUT2D eigenvalue weighted by atomic mass is 32.1. The van der Waals surface area contributed by atoms with E-state index in [0.717, 1.165) is 17.7 Å². The smallest absolute Gasteiger partial charge is 0.172 e. The zero-order valence-corrected chi connectivity index (χ0v) is 13.1. The molecule has 0 atom stereocenters. The van der Waals surface area contributed by atoms with Crippen LogP contribution in [0.15, 0.2) is 36.4 Å². The summed E-state index contributed by atoms with van der Waals surface area (Å²) in [6.45, 7) is 4.26. The minimum atomic E-state index is 0.267. The number of ketones is 1. The highest BCUT2D eigenvalue weighted by molar-refractivity contribution is 7.17. The largest absolute Gasteiger partial charge is 0.293 e. The molecule has 2 heteroatoms. The molecular weight excluding hydrogens is 264 g/mol. The molecule has 106 valence electrons. The number of aryl methyl sites for hydroxylation is 1. The fourth-order valence-electron chi connectivity index (χ4n) is 2.21. The highest BCUT2D eigenvalue weighted by Gasteiger charge is 2.09. The lowest BCUT2D eigenvalue weighted by Crippen LogP contribution is -1.93. The highest BCUT2D eigenvalue weighted by Crippen LogP contribution is 2.29. The van der Waals surface area contributed by atoms with E-state index in [9.17, 15) is 4.79 Å². The van der Waals surface area contributed by atoms with Crippen molar-refractivity contribution in [1.82, 2.24) is 0 Å². The Bertz CT molecular complexity index is 551. The average molecular weight is 286 g/mol. The maximum absolute atomic E-state index is 11.9. The molecule has 0 radical (unpaired) electrons. The van der Waals surface area contributed by atoms with Crippen LogP contribution in [0.4, 0.5) is 0 Å². The summed E-state index contributed by atoms with van der Waals surface area (Å²) in [7, 11) is 0. The van der Waals surface area contributed by atoms with Gasteiger partial charge < -0.3 is 0 Å². The van der Waals surface area contributed by atoms with E-state index in [2.05, 4.69) is 37.3 Å². The van der Waals surface area contributed by atoms with Crippen LogP contribution in [0.1, 0.15) is 54.8 Å². The summed E-state index contributed by atoms with van der Waals surface area (Å²) in [6.07, 6.45) is 5.19. The number of rotatable bonds is 7. The van der Waals surface area contributed by atoms with E-state index in [4.69, 9.17) is 0 Å². The molecule has 2 rings (SSSR count). The quantitative estimate of drug-likeness (QED) is 0.593. The van der Waals surface area contributed by atoms with Crippen LogP contribution in [0.5, 0.6) is 0 Å². The Balaban J connectivity index is 2.09. The van der Waals surface area contributed by atoms with Gasteiger partial charge in [-0.2, -0.15) is 0 Å². The number of carbonyl (C=O) groups excluding carboxylic acids is 1. The van der Waals surface area contributed by atoms with Gasteiger partial charge in [0.2, 0.25) is 0 Å². The molecule has 20 heavy (non-hydrogen) atoms. The maximum atomic E-state index is 11.9. The number of Topliss-reactive ketones (excluding diaryl/α,β-unsaturated/α-hetero) is 1. The van der Waals surface area contributed by atoms with Crippen molar-refractivity contribution >= 4 is 17.1 Å². The molecule has 0 aliphatic carbocycles. The van der Waals surface area contributed by atoms with Crippen molar-refractivity contribution < 1.29 is 4.79 Å². The van der Waals surface area contributed by atoms with Gasteiger partial charge in [0.15, 0.2) is 5.78 Å². The molecule has 0 bridgehead atoms. The first-order valence-corrected chi connectivity index (χ1v) is 8.28. The molecule has 2 aromatic rings. The second-order valence-electron chi connectivity index (χ2n) is 5.14. The van der Waals surface area contributed by atoms with Crippen LogP contribution >= 0.6 is 11.3 Å². The van der Waals surface area contributed by atoms with Gasteiger partial charge in [0.05, 0.1) is 4.88 Å². The van der Waals surface area contributed by atoms with Crippen molar-refractivity contribution in [3.8, 4) is 10.4 Å². The summed E-state index contributed by atoms with van der Waals surface area (Å²) >= 11 is 1.61. The number of thiophene rings is 1. The van der Waals surface area contributed by atoms with E-state index in [1.807, 2.05) is 13.0 Å². The Labute approximate surface area is 125 Å². The van der Waals surface area contributed by atoms with Gasteiger partial charge in [0, 0.05) is 11.3 Å². The Morgan fingerprint density at radius 1 is 1.00 bits per heavy atom. The number of carbonyl (C=O) groups is 1. The normalized spacial score (nSPS) is 10.7. The first-order chi connectivity index (χ1) is 9.74. The van der Waals surface area contributed by atoms with Crippen molar-refractivity contribution in [2.75, 3.05) is 0 Å². The van der Waals surface area contributed by atoms with Crippen LogP contribution in [0.25, 0.3) is 10.4 Å². The van der Waals surface area contributed by atoms with Gasteiger partial charge in [-0.15, -0.1) is 11.3 Å². The Morgan fingerprint density at radius 3 is 2.40 bits per heavy atom. The van der Waals surface area contributed by atoms with Gasteiger partial charge in [0.25, 0.3) is 0 Å². The summed E-state index contributed by atoms with van der Waals surface area (Å²) in [5, 5.41) is 0. The molecule has 0 amide bonds. The van der Waals surface area contributed by atoms with E-state index in [-0.39, 0.29) is 5.78 Å². The molecule has 0 spiro atoms. The summed E-state index contributed by atoms with van der Waals surface area (Å²) < 4.78 is 0. The second-order valence-corrected chi connectivity index (χ2v) is 6.22. The third kappa shape index (κ3) is 3.80. The van der Waals surface area contributed by atoms with Gasteiger partial charge in [0.1, 0.15) is 0 Å². The number of benzene rings is 1. The first-order valence-electron chi connectivity index (χ1n) is 7.47. The molecule has 0 N–H and O–H groups in total. The Kier molecular flexibility index (Phi) is 5.54. The first kappa shape index (κ1) is 15.0. The van der Waals surface area contributed by atoms with Crippen LogP contribution in [-0.2, 0) is 6.42 Å². The molecule has 0 saturated carbocycles. The monoisotopic (exact) mass is 286 g/mol. The molecule has 1 nitrogen and oxygen atoms in total. The maximum Gasteiger partial charge on any atom is 0.172 e. The predicted molar refractivity (Wildman–Crippen MR) is 87.6 cm³/mol. The summed E-state index contributed by atoms with van der Waals surface area (Å²) in [5.74, 6) is 0.267. The standard InChI is InChI=1S/C18H22OS/c1-3-5-7-14-8-10-15(11-9-14)17-12-13-18(20-17)16(19)6-4-2/h8-13H,3-7H2,1-2H3. The van der Waals surface area contributed by atoms with Crippen molar-refractivity contribution in [3.63, 3.8) is 0 Å². The van der Waals surface area contributed by atoms with E-state index in [0.29, 0.717) is 6.42 Å². The van der Waals surface area contributed by atoms with Crippen molar-refractivity contribution in [3.05, 3.63) is 46.8 Å². The van der Waals surface area contributed by atoms with Gasteiger partial charge in [-0.25, -0.2) is 0 Å². The molecule has 1 aromatic carbocycles. The molecule has 1 heterocycles. The Hall–Kier alpha value is -1.41. The number of hydrogen-bond donors (Lipinski definition) is 0. The summed E-state index contributed by atoms with van der Waals surface area (Å²) in [5.41, 5.74) is 2.61. The van der Waals surface area contributed by atoms with E-state index in [1.54, 1.807) is 11.3 Å². The van der Waals surface area contributed by atoms with Crippen LogP contribution in [0, 0.1) is 0 Å². The lowest BCUT2D eigenvalue weighted by atomic mass is 10.1. The van der Waals surface area contributed by atoms with Crippen molar-refractivity contribution in [2.45, 2.75) is 46.0 Å². The van der Waals surface area contributed by atoms with Crippen molar-refractivity contribution in [1.29, 1.82) is 0 Å². The minimum Gasteiger partial charge on any atom is -0.293 e. The average Bonchev–Trinajstić information content (AvgIpc) is 2.96. The Morgan fingerprint density at radius 2 is 1.75 bits per heavy atom. The van der Waals surface area contributed by atoms with Crippen LogP contribution in [-0.4, -0.2) is 5.78 Å². The van der Waals surface area contributed by atoms with Crippen LogP contribution in [0.2, 0.25) is 0 Å². The predicted octanol–water partition coefficient (Wildman–Crippen LogP) is 5.74.